The van der Waals surface area contributed by atoms with Crippen LogP contribution in [0.5, 0.6) is 5.75 Å². The van der Waals surface area contributed by atoms with E-state index in [0.717, 1.165) is 4.88 Å². The van der Waals surface area contributed by atoms with Gasteiger partial charge in [-0.2, -0.15) is 0 Å². The molecule has 1 aromatic heterocycles. The topological polar surface area (TPSA) is 49.9 Å². The summed E-state index contributed by atoms with van der Waals surface area (Å²) in [4.78, 5) is 29.3. The van der Waals surface area contributed by atoms with Gasteiger partial charge in [-0.25, -0.2) is 0 Å². The molecule has 26 heavy (non-hydrogen) atoms. The van der Waals surface area contributed by atoms with Gasteiger partial charge in [0, 0.05) is 18.3 Å². The second kappa shape index (κ2) is 7.93. The lowest BCUT2D eigenvalue weighted by atomic mass is 10.1. The smallest absolute Gasteiger partial charge is 0.266 e. The second-order valence-electron chi connectivity index (χ2n) is 5.92. The third-order valence-corrected chi connectivity index (χ3v) is 5.28. The molecule has 5 nitrogen and oxygen atoms in total. The molecule has 0 fully saturated rings. The number of hydrogen-bond donors (Lipinski definition) is 0. The molecule has 1 aliphatic heterocycles. The van der Waals surface area contributed by atoms with Crippen LogP contribution in [0.1, 0.15) is 11.8 Å². The van der Waals surface area contributed by atoms with Gasteiger partial charge in [0.1, 0.15) is 5.75 Å². The van der Waals surface area contributed by atoms with Gasteiger partial charge in [0.2, 0.25) is 5.91 Å². The molecule has 0 saturated heterocycles. The largest absolute Gasteiger partial charge is 0.476 e. The molecule has 0 aliphatic carbocycles. The van der Waals surface area contributed by atoms with Gasteiger partial charge in [-0.1, -0.05) is 29.8 Å². The minimum Gasteiger partial charge on any atom is -0.476 e. The fourth-order valence-electron chi connectivity index (χ4n) is 2.88. The minimum atomic E-state index is -0.760. The molecule has 136 valence electrons. The van der Waals surface area contributed by atoms with Crippen LogP contribution in [0.4, 0.5) is 5.69 Å². The lowest BCUT2D eigenvalue weighted by molar-refractivity contribution is -0.138. The van der Waals surface area contributed by atoms with Crippen molar-refractivity contribution < 1.29 is 14.3 Å². The summed E-state index contributed by atoms with van der Waals surface area (Å²) in [6.07, 6.45) is 0.913. The number of halogens is 1. The van der Waals surface area contributed by atoms with Crippen LogP contribution >= 0.6 is 22.9 Å². The van der Waals surface area contributed by atoms with Crippen molar-refractivity contribution in [3.63, 3.8) is 0 Å². The average Bonchev–Trinajstić information content (AvgIpc) is 3.04. The van der Waals surface area contributed by atoms with Crippen molar-refractivity contribution in [2.45, 2.75) is 19.6 Å². The average molecular weight is 391 g/mol. The first kappa shape index (κ1) is 18.5. The van der Waals surface area contributed by atoms with Crippen LogP contribution in [0.25, 0.3) is 0 Å². The molecule has 1 atom stereocenters. The minimum absolute atomic E-state index is 0.126. The van der Waals surface area contributed by atoms with E-state index in [0.29, 0.717) is 28.9 Å². The Morgan fingerprint density at radius 1 is 1.38 bits per heavy atom. The predicted octanol–water partition coefficient (Wildman–Crippen LogP) is 3.73. The maximum absolute atomic E-state index is 13.1. The van der Waals surface area contributed by atoms with Crippen molar-refractivity contribution >= 4 is 40.4 Å². The number of rotatable bonds is 5. The number of amides is 2. The van der Waals surface area contributed by atoms with E-state index in [2.05, 4.69) is 6.58 Å². The van der Waals surface area contributed by atoms with Crippen molar-refractivity contribution in [3.05, 3.63) is 58.3 Å². The van der Waals surface area contributed by atoms with E-state index in [1.165, 1.54) is 18.3 Å². The van der Waals surface area contributed by atoms with Crippen LogP contribution in [0.2, 0.25) is 4.34 Å². The molecule has 3 rings (SSSR count). The van der Waals surface area contributed by atoms with Crippen LogP contribution < -0.4 is 9.64 Å². The van der Waals surface area contributed by atoms with Gasteiger partial charge >= 0.3 is 0 Å². The Bertz CT molecular complexity index is 836. The number of fused-ring (bicyclic) bond motifs is 1. The standard InChI is InChI=1S/C19H19ClN2O3S/c1-3-10-21(11-14-8-9-18(20)26-14)19(24)17-12-22(13(2)23)15-6-4-5-7-16(15)25-17/h3-9,17H,1,10-12H2,2H3. The molecule has 2 aromatic rings. The van der Waals surface area contributed by atoms with Gasteiger partial charge in [-0.05, 0) is 24.3 Å². The van der Waals surface area contributed by atoms with Gasteiger partial charge < -0.3 is 14.5 Å². The number of carbonyl (C=O) groups is 2. The first-order valence-electron chi connectivity index (χ1n) is 8.17. The monoisotopic (exact) mass is 390 g/mol. The van der Waals surface area contributed by atoms with Crippen molar-refractivity contribution in [2.24, 2.45) is 0 Å². The zero-order valence-electron chi connectivity index (χ0n) is 14.4. The Labute approximate surface area is 161 Å². The number of benzene rings is 1. The summed E-state index contributed by atoms with van der Waals surface area (Å²) in [7, 11) is 0. The maximum Gasteiger partial charge on any atom is 0.266 e. The van der Waals surface area contributed by atoms with Crippen molar-refractivity contribution in [3.8, 4) is 5.75 Å². The number of carbonyl (C=O) groups excluding carboxylic acids is 2. The number of hydrogen-bond acceptors (Lipinski definition) is 4. The highest BCUT2D eigenvalue weighted by Gasteiger charge is 2.34. The number of anilines is 1. The number of thiophene rings is 1. The zero-order valence-corrected chi connectivity index (χ0v) is 15.9. The van der Waals surface area contributed by atoms with Gasteiger partial charge in [-0.3, -0.25) is 9.59 Å². The summed E-state index contributed by atoms with van der Waals surface area (Å²) in [5.74, 6) is 0.221. The maximum atomic E-state index is 13.1. The van der Waals surface area contributed by atoms with Crippen molar-refractivity contribution in [2.75, 3.05) is 18.0 Å². The lowest BCUT2D eigenvalue weighted by Crippen LogP contribution is -2.51. The molecule has 0 radical (unpaired) electrons. The summed E-state index contributed by atoms with van der Waals surface area (Å²) < 4.78 is 6.58. The molecular weight excluding hydrogens is 372 g/mol. The molecule has 1 aliphatic rings. The van der Waals surface area contributed by atoms with Crippen molar-refractivity contribution in [1.82, 2.24) is 4.90 Å². The number of nitrogens with zero attached hydrogens (tertiary/aromatic N) is 2. The highest BCUT2D eigenvalue weighted by atomic mass is 35.5. The van der Waals surface area contributed by atoms with Crippen LogP contribution in [-0.4, -0.2) is 35.9 Å². The van der Waals surface area contributed by atoms with Gasteiger partial charge in [-0.15, -0.1) is 17.9 Å². The van der Waals surface area contributed by atoms with Crippen LogP contribution in [-0.2, 0) is 16.1 Å². The van der Waals surface area contributed by atoms with Gasteiger partial charge in [0.15, 0.2) is 6.10 Å². The molecule has 1 unspecified atom stereocenters. The molecule has 2 heterocycles. The summed E-state index contributed by atoms with van der Waals surface area (Å²) >= 11 is 7.42. The third kappa shape index (κ3) is 3.92. The van der Waals surface area contributed by atoms with Gasteiger partial charge in [0.05, 0.1) is 23.1 Å². The molecular formula is C19H19ClN2O3S. The highest BCUT2D eigenvalue weighted by Crippen LogP contribution is 2.33. The molecule has 0 bridgehead atoms. The predicted molar refractivity (Wildman–Crippen MR) is 104 cm³/mol. The quantitative estimate of drug-likeness (QED) is 0.731. The molecule has 1 aromatic carbocycles. The van der Waals surface area contributed by atoms with E-state index in [4.69, 9.17) is 16.3 Å². The van der Waals surface area contributed by atoms with Crippen LogP contribution in [0.15, 0.2) is 49.1 Å². The Kier molecular flexibility index (Phi) is 5.64. The van der Waals surface area contributed by atoms with E-state index in [-0.39, 0.29) is 18.4 Å². The Hall–Kier alpha value is -2.31. The molecule has 2 amide bonds. The number of para-hydroxylation sites is 2. The third-order valence-electron chi connectivity index (χ3n) is 4.07. The lowest BCUT2D eigenvalue weighted by Gasteiger charge is -2.35. The Morgan fingerprint density at radius 2 is 2.15 bits per heavy atom. The second-order valence-corrected chi connectivity index (χ2v) is 7.72. The SMILES string of the molecule is C=CCN(Cc1ccc(Cl)s1)C(=O)C1CN(C(C)=O)c2ccccc2O1. The van der Waals surface area contributed by atoms with E-state index in [1.54, 1.807) is 21.9 Å². The fraction of sp³-hybridized carbons (Fsp3) is 0.263. The first-order chi connectivity index (χ1) is 12.5. The van der Waals surface area contributed by atoms with E-state index >= 15 is 0 Å². The van der Waals surface area contributed by atoms with E-state index < -0.39 is 6.10 Å². The molecule has 0 N–H and O–H groups in total. The normalized spacial score (nSPS) is 15.8. The Balaban J connectivity index is 1.82. The Morgan fingerprint density at radius 3 is 2.81 bits per heavy atom. The van der Waals surface area contributed by atoms with Crippen LogP contribution in [0, 0.1) is 0 Å². The number of ether oxygens (including phenoxy) is 1. The van der Waals surface area contributed by atoms with Gasteiger partial charge in [0.25, 0.3) is 5.91 Å². The van der Waals surface area contributed by atoms with E-state index in [9.17, 15) is 9.59 Å². The fourth-order valence-corrected chi connectivity index (χ4v) is 3.98. The van der Waals surface area contributed by atoms with Crippen molar-refractivity contribution in [1.29, 1.82) is 0 Å². The molecule has 7 heteroatoms. The zero-order chi connectivity index (χ0) is 18.7. The summed E-state index contributed by atoms with van der Waals surface area (Å²) in [6.45, 7) is 6.21. The first-order valence-corrected chi connectivity index (χ1v) is 9.36. The summed E-state index contributed by atoms with van der Waals surface area (Å²) in [6, 6.07) is 10.9. The van der Waals surface area contributed by atoms with Crippen LogP contribution in [0.3, 0.4) is 0 Å². The summed E-state index contributed by atoms with van der Waals surface area (Å²) in [5.41, 5.74) is 0.685. The molecule has 0 saturated carbocycles. The van der Waals surface area contributed by atoms with E-state index in [1.807, 2.05) is 30.3 Å². The highest BCUT2D eigenvalue weighted by molar-refractivity contribution is 7.16. The summed E-state index contributed by atoms with van der Waals surface area (Å²) in [5, 5.41) is 0. The molecule has 0 spiro atoms.